The van der Waals surface area contributed by atoms with E-state index in [1.807, 2.05) is 0 Å². The molecule has 0 aromatic heterocycles. The summed E-state index contributed by atoms with van der Waals surface area (Å²) in [7, 11) is -3.48. The van der Waals surface area contributed by atoms with E-state index in [-0.39, 0.29) is 13.1 Å². The fraction of sp³-hybridized carbons (Fsp3) is 0.818. The van der Waals surface area contributed by atoms with Gasteiger partial charge in [0.2, 0.25) is 5.91 Å². The molecule has 2 heterocycles. The maximum absolute atomic E-state index is 11.9. The summed E-state index contributed by atoms with van der Waals surface area (Å²) in [5.41, 5.74) is -0.632. The van der Waals surface area contributed by atoms with Crippen LogP contribution in [0.1, 0.15) is 20.8 Å². The van der Waals surface area contributed by atoms with Crippen molar-refractivity contribution in [2.75, 3.05) is 18.8 Å². The zero-order chi connectivity index (χ0) is 14.4. The second-order valence-electron chi connectivity index (χ2n) is 5.90. The highest BCUT2D eigenvalue weighted by Crippen LogP contribution is 2.23. The number of carbonyl (C=O) groups excluding carboxylic acids is 2. The third-order valence-electron chi connectivity index (χ3n) is 3.06. The van der Waals surface area contributed by atoms with Crippen molar-refractivity contribution >= 4 is 21.8 Å². The summed E-state index contributed by atoms with van der Waals surface area (Å²) in [5.74, 6) is -1.01. The number of nitrogens with one attached hydrogen (secondary N) is 1. The Balaban J connectivity index is 2.11. The van der Waals surface area contributed by atoms with E-state index >= 15 is 0 Å². The third-order valence-corrected chi connectivity index (χ3v) is 5.12. The molecule has 1 N–H and O–H groups in total. The van der Waals surface area contributed by atoms with Gasteiger partial charge < -0.3 is 15.0 Å². The van der Waals surface area contributed by atoms with Crippen molar-refractivity contribution in [3.8, 4) is 0 Å². The van der Waals surface area contributed by atoms with Crippen LogP contribution in [-0.4, -0.2) is 61.1 Å². The number of hydrogen-bond acceptors (Lipinski definition) is 5. The van der Waals surface area contributed by atoms with Gasteiger partial charge in [-0.3, -0.25) is 4.79 Å². The fourth-order valence-electron chi connectivity index (χ4n) is 2.29. The summed E-state index contributed by atoms with van der Waals surface area (Å²) in [6.45, 7) is 5.47. The van der Waals surface area contributed by atoms with Gasteiger partial charge in [0.05, 0.1) is 6.04 Å². The lowest BCUT2D eigenvalue weighted by Crippen LogP contribution is -2.54. The van der Waals surface area contributed by atoms with Crippen LogP contribution in [0.3, 0.4) is 0 Å². The summed E-state index contributed by atoms with van der Waals surface area (Å²) in [6.07, 6.45) is -0.550. The second-order valence-corrected chi connectivity index (χ2v) is 8.12. The van der Waals surface area contributed by atoms with Crippen molar-refractivity contribution in [2.45, 2.75) is 37.7 Å². The van der Waals surface area contributed by atoms with Gasteiger partial charge >= 0.3 is 6.09 Å². The van der Waals surface area contributed by atoms with Gasteiger partial charge in [0.15, 0.2) is 9.84 Å². The zero-order valence-corrected chi connectivity index (χ0v) is 12.0. The molecule has 2 atom stereocenters. The molecule has 0 aromatic carbocycles. The van der Waals surface area contributed by atoms with E-state index in [2.05, 4.69) is 5.32 Å². The lowest BCUT2D eigenvalue weighted by molar-refractivity contribution is -0.119. The Labute approximate surface area is 112 Å². The third kappa shape index (κ3) is 2.99. The number of fused-ring (bicyclic) bond motifs is 1. The second kappa shape index (κ2) is 4.36. The van der Waals surface area contributed by atoms with Crippen molar-refractivity contribution in [2.24, 2.45) is 0 Å². The van der Waals surface area contributed by atoms with Crippen LogP contribution in [0.4, 0.5) is 4.79 Å². The number of ether oxygens (including phenoxy) is 1. The summed E-state index contributed by atoms with van der Waals surface area (Å²) in [4.78, 5) is 24.5. The molecule has 2 amide bonds. The minimum Gasteiger partial charge on any atom is -0.444 e. The number of hydrogen-bond donors (Lipinski definition) is 1. The Hall–Kier alpha value is -1.31. The molecule has 0 spiro atoms. The lowest BCUT2D eigenvalue weighted by Gasteiger charge is -2.24. The van der Waals surface area contributed by atoms with E-state index in [1.165, 1.54) is 4.90 Å². The van der Waals surface area contributed by atoms with Crippen LogP contribution in [0.5, 0.6) is 0 Å². The quantitative estimate of drug-likeness (QED) is 0.650. The molecule has 0 aromatic rings. The first kappa shape index (κ1) is 14.1. The molecule has 0 aliphatic carbocycles. The van der Waals surface area contributed by atoms with Gasteiger partial charge in [-0.1, -0.05) is 0 Å². The van der Waals surface area contributed by atoms with Gasteiger partial charge in [-0.2, -0.15) is 0 Å². The number of likely N-dealkylation sites (tertiary alicyclic amines) is 1. The van der Waals surface area contributed by atoms with E-state index in [0.29, 0.717) is 0 Å². The standard InChI is InChI=1S/C11H18N2O5S/c1-11(2,3)18-10(15)13-4-7-8(5-13)19(16,17)6-9(14)12-7/h7-8H,4-6H2,1-3H3,(H,12,14). The number of carbonyl (C=O) groups is 2. The van der Waals surface area contributed by atoms with Crippen LogP contribution in [-0.2, 0) is 19.4 Å². The average Bonchev–Trinajstić information content (AvgIpc) is 2.57. The molecule has 8 heteroatoms. The van der Waals surface area contributed by atoms with Crippen molar-refractivity contribution in [1.29, 1.82) is 0 Å². The van der Waals surface area contributed by atoms with Gasteiger partial charge in [-0.25, -0.2) is 13.2 Å². The van der Waals surface area contributed by atoms with Crippen molar-refractivity contribution in [3.05, 3.63) is 0 Å². The highest BCUT2D eigenvalue weighted by Gasteiger charge is 2.48. The van der Waals surface area contributed by atoms with E-state index in [4.69, 9.17) is 4.74 Å². The molecule has 0 radical (unpaired) electrons. The van der Waals surface area contributed by atoms with E-state index in [1.54, 1.807) is 20.8 Å². The number of nitrogens with zero attached hydrogens (tertiary/aromatic N) is 1. The SMILES string of the molecule is CC(C)(C)OC(=O)N1CC2NC(=O)CS(=O)(=O)C2C1. The summed E-state index contributed by atoms with van der Waals surface area (Å²) < 4.78 is 29.0. The van der Waals surface area contributed by atoms with E-state index in [9.17, 15) is 18.0 Å². The first-order valence-electron chi connectivity index (χ1n) is 6.07. The molecular formula is C11H18N2O5S. The molecule has 7 nitrogen and oxygen atoms in total. The summed E-state index contributed by atoms with van der Waals surface area (Å²) in [6, 6.07) is -0.529. The minimum atomic E-state index is -3.48. The molecule has 0 saturated carbocycles. The van der Waals surface area contributed by atoms with Gasteiger partial charge in [0.25, 0.3) is 0 Å². The van der Waals surface area contributed by atoms with Crippen LogP contribution in [0.2, 0.25) is 0 Å². The monoisotopic (exact) mass is 290 g/mol. The Bertz CT molecular complexity index is 508. The average molecular weight is 290 g/mol. The predicted octanol–water partition coefficient (Wildman–Crippen LogP) is -0.481. The van der Waals surface area contributed by atoms with Crippen LogP contribution in [0.15, 0.2) is 0 Å². The molecule has 2 fully saturated rings. The maximum Gasteiger partial charge on any atom is 0.410 e. The Morgan fingerprint density at radius 1 is 1.37 bits per heavy atom. The number of amides is 2. The number of rotatable bonds is 0. The largest absolute Gasteiger partial charge is 0.444 e. The van der Waals surface area contributed by atoms with Crippen molar-refractivity contribution in [1.82, 2.24) is 10.2 Å². The van der Waals surface area contributed by atoms with Crippen LogP contribution in [0, 0.1) is 0 Å². The van der Waals surface area contributed by atoms with Crippen molar-refractivity contribution < 1.29 is 22.7 Å². The predicted molar refractivity (Wildman–Crippen MR) is 67.3 cm³/mol. The van der Waals surface area contributed by atoms with Crippen LogP contribution in [0.25, 0.3) is 0 Å². The van der Waals surface area contributed by atoms with Crippen LogP contribution >= 0.6 is 0 Å². The molecule has 2 saturated heterocycles. The molecule has 2 unspecified atom stereocenters. The fourth-order valence-corrected chi connectivity index (χ4v) is 4.01. The first-order valence-corrected chi connectivity index (χ1v) is 7.79. The molecule has 2 rings (SSSR count). The van der Waals surface area contributed by atoms with Gasteiger partial charge in [0.1, 0.15) is 16.6 Å². The van der Waals surface area contributed by atoms with Gasteiger partial charge in [-0.15, -0.1) is 0 Å². The first-order chi connectivity index (χ1) is 8.58. The summed E-state index contributed by atoms with van der Waals surface area (Å²) >= 11 is 0. The Morgan fingerprint density at radius 2 is 2.00 bits per heavy atom. The van der Waals surface area contributed by atoms with E-state index in [0.717, 1.165) is 0 Å². The molecule has 19 heavy (non-hydrogen) atoms. The Morgan fingerprint density at radius 3 is 2.58 bits per heavy atom. The normalized spacial score (nSPS) is 29.6. The zero-order valence-electron chi connectivity index (χ0n) is 11.2. The molecule has 0 bridgehead atoms. The summed E-state index contributed by atoms with van der Waals surface area (Å²) in [5, 5.41) is 1.89. The van der Waals surface area contributed by atoms with E-state index < -0.39 is 44.5 Å². The highest BCUT2D eigenvalue weighted by molar-refractivity contribution is 7.92. The maximum atomic E-state index is 11.9. The van der Waals surface area contributed by atoms with Gasteiger partial charge in [-0.05, 0) is 20.8 Å². The molecule has 108 valence electrons. The van der Waals surface area contributed by atoms with Crippen molar-refractivity contribution in [3.63, 3.8) is 0 Å². The molecular weight excluding hydrogens is 272 g/mol. The molecule has 2 aliphatic heterocycles. The Kier molecular flexibility index (Phi) is 3.24. The highest BCUT2D eigenvalue weighted by atomic mass is 32.2. The molecule has 2 aliphatic rings. The van der Waals surface area contributed by atoms with Crippen LogP contribution < -0.4 is 5.32 Å². The minimum absolute atomic E-state index is 0.0716. The lowest BCUT2D eigenvalue weighted by atomic mass is 10.2. The topological polar surface area (TPSA) is 92.8 Å². The van der Waals surface area contributed by atoms with Gasteiger partial charge in [0, 0.05) is 13.1 Å². The number of sulfone groups is 1. The smallest absolute Gasteiger partial charge is 0.410 e.